The van der Waals surface area contributed by atoms with Gasteiger partial charge >= 0.3 is 0 Å². The average Bonchev–Trinajstić information content (AvgIpc) is 2.82. The lowest BCUT2D eigenvalue weighted by Gasteiger charge is -2.29. The van der Waals surface area contributed by atoms with E-state index in [-0.39, 0.29) is 0 Å². The van der Waals surface area contributed by atoms with E-state index in [1.165, 1.54) is 35.8 Å². The highest BCUT2D eigenvalue weighted by molar-refractivity contribution is 9.10. The van der Waals surface area contributed by atoms with Gasteiger partial charge in [-0.05, 0) is 48.7 Å². The van der Waals surface area contributed by atoms with E-state index in [1.807, 2.05) is 11.7 Å². The maximum Gasteiger partial charge on any atom is 0.0738 e. The smallest absolute Gasteiger partial charge is 0.0738 e. The van der Waals surface area contributed by atoms with Gasteiger partial charge in [0.15, 0.2) is 0 Å². The van der Waals surface area contributed by atoms with Crippen molar-refractivity contribution in [2.24, 2.45) is 7.05 Å². The number of rotatable bonds is 4. The zero-order valence-corrected chi connectivity index (χ0v) is 12.6. The fraction of sp³-hybridized carbons (Fsp3) is 0.769. The highest BCUT2D eigenvalue weighted by atomic mass is 79.9. The molecule has 0 saturated carbocycles. The summed E-state index contributed by atoms with van der Waals surface area (Å²) in [5.41, 5.74) is 2.72. The summed E-state index contributed by atoms with van der Waals surface area (Å²) >= 11 is 3.67. The van der Waals surface area contributed by atoms with E-state index < -0.39 is 0 Å². The van der Waals surface area contributed by atoms with Crippen molar-refractivity contribution in [3.05, 3.63) is 15.9 Å². The van der Waals surface area contributed by atoms with Crippen molar-refractivity contribution in [2.45, 2.75) is 51.5 Å². The van der Waals surface area contributed by atoms with Gasteiger partial charge in [-0.15, -0.1) is 0 Å². The minimum Gasteiger partial charge on any atom is -0.311 e. The van der Waals surface area contributed by atoms with Gasteiger partial charge in [-0.3, -0.25) is 4.68 Å². The molecular formula is C13H22BrN3. The molecule has 0 aromatic carbocycles. The van der Waals surface area contributed by atoms with Crippen LogP contribution < -0.4 is 5.32 Å². The second-order valence-corrected chi connectivity index (χ2v) is 6.00. The summed E-state index contributed by atoms with van der Waals surface area (Å²) in [5, 5.41) is 8.21. The van der Waals surface area contributed by atoms with Crippen LogP contribution in [0.3, 0.4) is 0 Å². The van der Waals surface area contributed by atoms with Crippen LogP contribution in [0.25, 0.3) is 0 Å². The molecule has 1 atom stereocenters. The minimum absolute atomic E-state index is 0.303. The van der Waals surface area contributed by atoms with E-state index in [0.29, 0.717) is 5.54 Å². The lowest BCUT2D eigenvalue weighted by molar-refractivity contribution is 0.334. The van der Waals surface area contributed by atoms with Gasteiger partial charge in [-0.1, -0.05) is 13.3 Å². The molecule has 4 heteroatoms. The van der Waals surface area contributed by atoms with E-state index in [1.54, 1.807) is 0 Å². The van der Waals surface area contributed by atoms with Crippen LogP contribution in [0.15, 0.2) is 4.47 Å². The molecule has 0 spiro atoms. The number of hydrogen-bond acceptors (Lipinski definition) is 2. The summed E-state index contributed by atoms with van der Waals surface area (Å²) in [6.07, 6.45) is 6.16. The second-order valence-electron chi connectivity index (χ2n) is 5.21. The zero-order valence-electron chi connectivity index (χ0n) is 11.0. The van der Waals surface area contributed by atoms with Crippen LogP contribution in [0.4, 0.5) is 0 Å². The van der Waals surface area contributed by atoms with E-state index in [2.05, 4.69) is 40.2 Å². The lowest BCUT2D eigenvalue weighted by atomic mass is 9.87. The van der Waals surface area contributed by atoms with Crippen LogP contribution >= 0.6 is 15.9 Å². The standard InChI is InChI=1S/C13H22BrN3/c1-4-6-13(7-5-8-15-13)9-11-12(14)10(2)16-17(11)3/h15H,4-9H2,1-3H3. The number of nitrogens with zero attached hydrogens (tertiary/aromatic N) is 2. The second kappa shape index (κ2) is 5.11. The van der Waals surface area contributed by atoms with Crippen molar-refractivity contribution < 1.29 is 0 Å². The van der Waals surface area contributed by atoms with Crippen molar-refractivity contribution in [2.75, 3.05) is 6.54 Å². The van der Waals surface area contributed by atoms with Gasteiger partial charge in [0.05, 0.1) is 15.9 Å². The van der Waals surface area contributed by atoms with Gasteiger partial charge in [-0.25, -0.2) is 0 Å². The van der Waals surface area contributed by atoms with Gasteiger partial charge in [0.25, 0.3) is 0 Å². The summed E-state index contributed by atoms with van der Waals surface area (Å²) in [7, 11) is 2.04. The number of aryl methyl sites for hydroxylation is 2. The lowest BCUT2D eigenvalue weighted by Crippen LogP contribution is -2.42. The molecule has 0 bridgehead atoms. The maximum absolute atomic E-state index is 4.49. The highest BCUT2D eigenvalue weighted by Gasteiger charge is 2.34. The Kier molecular flexibility index (Phi) is 3.93. The van der Waals surface area contributed by atoms with Gasteiger partial charge in [0.2, 0.25) is 0 Å². The number of halogens is 1. The van der Waals surface area contributed by atoms with E-state index >= 15 is 0 Å². The summed E-state index contributed by atoms with van der Waals surface area (Å²) in [6.45, 7) is 5.49. The third-order valence-electron chi connectivity index (χ3n) is 3.83. The molecular weight excluding hydrogens is 278 g/mol. The molecule has 3 nitrogen and oxygen atoms in total. The number of aromatic nitrogens is 2. The molecule has 2 rings (SSSR count). The highest BCUT2D eigenvalue weighted by Crippen LogP contribution is 2.32. The average molecular weight is 300 g/mol. The molecule has 1 aromatic rings. The molecule has 0 amide bonds. The third-order valence-corrected chi connectivity index (χ3v) is 4.86. The van der Waals surface area contributed by atoms with E-state index in [4.69, 9.17) is 0 Å². The first kappa shape index (κ1) is 13.1. The molecule has 1 saturated heterocycles. The molecule has 17 heavy (non-hydrogen) atoms. The Morgan fingerprint density at radius 1 is 1.53 bits per heavy atom. The quantitative estimate of drug-likeness (QED) is 0.926. The predicted octanol–water partition coefficient (Wildman–Crippen LogP) is 2.96. The molecule has 1 unspecified atom stereocenters. The Hall–Kier alpha value is -0.350. The predicted molar refractivity (Wildman–Crippen MR) is 74.2 cm³/mol. The largest absolute Gasteiger partial charge is 0.311 e. The molecule has 2 heterocycles. The van der Waals surface area contributed by atoms with Crippen LogP contribution in [0.2, 0.25) is 0 Å². The summed E-state index contributed by atoms with van der Waals surface area (Å²) in [4.78, 5) is 0. The van der Waals surface area contributed by atoms with Crippen LogP contribution in [-0.2, 0) is 13.5 Å². The minimum atomic E-state index is 0.303. The van der Waals surface area contributed by atoms with Crippen molar-refractivity contribution in [3.63, 3.8) is 0 Å². The van der Waals surface area contributed by atoms with Crippen molar-refractivity contribution >= 4 is 15.9 Å². The van der Waals surface area contributed by atoms with Crippen molar-refractivity contribution in [3.8, 4) is 0 Å². The summed E-state index contributed by atoms with van der Waals surface area (Å²) in [6, 6.07) is 0. The summed E-state index contributed by atoms with van der Waals surface area (Å²) in [5.74, 6) is 0. The molecule has 1 aliphatic rings. The van der Waals surface area contributed by atoms with Crippen molar-refractivity contribution in [1.29, 1.82) is 0 Å². The molecule has 96 valence electrons. The van der Waals surface area contributed by atoms with Gasteiger partial charge < -0.3 is 5.32 Å². The molecule has 0 aliphatic carbocycles. The fourth-order valence-corrected chi connectivity index (χ4v) is 3.47. The first-order valence-electron chi connectivity index (χ1n) is 6.51. The third kappa shape index (κ3) is 2.58. The van der Waals surface area contributed by atoms with Crippen LogP contribution in [-0.4, -0.2) is 21.9 Å². The van der Waals surface area contributed by atoms with Crippen LogP contribution in [0, 0.1) is 6.92 Å². The van der Waals surface area contributed by atoms with Gasteiger partial charge in [0.1, 0.15) is 0 Å². The topological polar surface area (TPSA) is 29.9 Å². The Morgan fingerprint density at radius 3 is 2.76 bits per heavy atom. The number of nitrogens with one attached hydrogen (secondary N) is 1. The Labute approximate surface area is 112 Å². The molecule has 1 aromatic heterocycles. The SMILES string of the molecule is CCCC1(Cc2c(Br)c(C)nn2C)CCCN1. The fourth-order valence-electron chi connectivity index (χ4n) is 2.99. The Bertz CT molecular complexity index is 392. The summed E-state index contributed by atoms with van der Waals surface area (Å²) < 4.78 is 3.21. The first-order valence-corrected chi connectivity index (χ1v) is 7.30. The first-order chi connectivity index (χ1) is 8.08. The van der Waals surface area contributed by atoms with Crippen LogP contribution in [0.5, 0.6) is 0 Å². The Morgan fingerprint density at radius 2 is 2.29 bits per heavy atom. The van der Waals surface area contributed by atoms with E-state index in [9.17, 15) is 0 Å². The molecule has 1 fully saturated rings. The monoisotopic (exact) mass is 299 g/mol. The van der Waals surface area contributed by atoms with Crippen molar-refractivity contribution in [1.82, 2.24) is 15.1 Å². The number of hydrogen-bond donors (Lipinski definition) is 1. The van der Waals surface area contributed by atoms with E-state index in [0.717, 1.165) is 18.7 Å². The van der Waals surface area contributed by atoms with Crippen LogP contribution in [0.1, 0.15) is 44.0 Å². The normalized spacial score (nSPS) is 24.5. The molecule has 1 N–H and O–H groups in total. The molecule has 0 radical (unpaired) electrons. The van der Waals surface area contributed by atoms with Gasteiger partial charge in [-0.2, -0.15) is 5.10 Å². The zero-order chi connectivity index (χ0) is 12.5. The maximum atomic E-state index is 4.49. The Balaban J connectivity index is 2.23. The van der Waals surface area contributed by atoms with Gasteiger partial charge in [0, 0.05) is 19.0 Å². The molecule has 1 aliphatic heterocycles.